The minimum absolute atomic E-state index is 0.0285. The fourth-order valence-electron chi connectivity index (χ4n) is 1.70. The van der Waals surface area contributed by atoms with E-state index in [1.54, 1.807) is 29.0 Å². The molecule has 1 amide bonds. The second-order valence-electron chi connectivity index (χ2n) is 4.36. The lowest BCUT2D eigenvalue weighted by molar-refractivity contribution is -0.130. The minimum atomic E-state index is -0.300. The van der Waals surface area contributed by atoms with Gasteiger partial charge in [-0.25, -0.2) is 4.39 Å². The van der Waals surface area contributed by atoms with Crippen molar-refractivity contribution in [3.8, 4) is 0 Å². The summed E-state index contributed by atoms with van der Waals surface area (Å²) in [5.74, 6) is -0.271. The summed E-state index contributed by atoms with van der Waals surface area (Å²) < 4.78 is 12.8. The molecule has 0 fully saturated rings. The van der Waals surface area contributed by atoms with Crippen LogP contribution in [0.5, 0.6) is 0 Å². The summed E-state index contributed by atoms with van der Waals surface area (Å²) in [6.07, 6.45) is 0. The first-order valence-corrected chi connectivity index (χ1v) is 6.94. The van der Waals surface area contributed by atoms with Gasteiger partial charge in [-0.1, -0.05) is 0 Å². The van der Waals surface area contributed by atoms with E-state index in [1.807, 2.05) is 13.8 Å². The average molecular weight is 297 g/mol. The Hall–Kier alpha value is -1.69. The molecule has 0 spiro atoms. The maximum atomic E-state index is 12.8. The first-order valence-electron chi connectivity index (χ1n) is 6.53. The van der Waals surface area contributed by atoms with Gasteiger partial charge in [0.1, 0.15) is 5.82 Å². The van der Waals surface area contributed by atoms with Crippen LogP contribution in [-0.4, -0.2) is 47.5 Å². The molecule has 4 nitrogen and oxygen atoms in total. The van der Waals surface area contributed by atoms with Crippen molar-refractivity contribution in [2.45, 2.75) is 13.8 Å². The standard InChI is InChI=1S/C14H20FN3OS/c1-4-18(5-2)13(19)10-17(3)14(20)16-12-8-6-11(15)7-9-12/h6-9H,4-5,10H2,1-3H3,(H,16,20). The third-order valence-corrected chi connectivity index (χ3v) is 3.34. The number of hydrogen-bond acceptors (Lipinski definition) is 2. The van der Waals surface area contributed by atoms with Crippen molar-refractivity contribution in [3.63, 3.8) is 0 Å². The van der Waals surface area contributed by atoms with Crippen molar-refractivity contribution >= 4 is 28.9 Å². The Morgan fingerprint density at radius 3 is 2.30 bits per heavy atom. The maximum absolute atomic E-state index is 12.8. The van der Waals surface area contributed by atoms with E-state index in [9.17, 15) is 9.18 Å². The van der Waals surface area contributed by atoms with Crippen LogP contribution >= 0.6 is 12.2 Å². The van der Waals surface area contributed by atoms with E-state index >= 15 is 0 Å². The van der Waals surface area contributed by atoms with Crippen molar-refractivity contribution in [1.29, 1.82) is 0 Å². The van der Waals surface area contributed by atoms with Crippen molar-refractivity contribution in [2.75, 3.05) is 32.0 Å². The average Bonchev–Trinajstić information content (AvgIpc) is 2.42. The number of hydrogen-bond donors (Lipinski definition) is 1. The van der Waals surface area contributed by atoms with Gasteiger partial charge in [-0.2, -0.15) is 0 Å². The highest BCUT2D eigenvalue weighted by Crippen LogP contribution is 2.09. The highest BCUT2D eigenvalue weighted by Gasteiger charge is 2.14. The van der Waals surface area contributed by atoms with Crippen molar-refractivity contribution < 1.29 is 9.18 Å². The Labute approximate surface area is 124 Å². The molecular formula is C14H20FN3OS. The monoisotopic (exact) mass is 297 g/mol. The number of nitrogens with zero attached hydrogens (tertiary/aromatic N) is 2. The van der Waals surface area contributed by atoms with Gasteiger partial charge in [0.15, 0.2) is 5.11 Å². The second kappa shape index (κ2) is 7.79. The van der Waals surface area contributed by atoms with Gasteiger partial charge in [0.2, 0.25) is 5.91 Å². The molecule has 0 aliphatic rings. The first-order chi connectivity index (χ1) is 9.47. The molecule has 0 aliphatic carbocycles. The zero-order valence-electron chi connectivity index (χ0n) is 12.0. The van der Waals surface area contributed by atoms with Gasteiger partial charge in [0, 0.05) is 25.8 Å². The van der Waals surface area contributed by atoms with E-state index < -0.39 is 0 Å². The molecule has 1 N–H and O–H groups in total. The van der Waals surface area contributed by atoms with Crippen LogP contribution in [-0.2, 0) is 4.79 Å². The number of amides is 1. The van der Waals surface area contributed by atoms with Crippen LogP contribution in [0.25, 0.3) is 0 Å². The van der Waals surface area contributed by atoms with Crippen LogP contribution < -0.4 is 5.32 Å². The van der Waals surface area contributed by atoms with Crippen LogP contribution in [0.2, 0.25) is 0 Å². The predicted octanol–water partition coefficient (Wildman–Crippen LogP) is 2.32. The van der Waals surface area contributed by atoms with Gasteiger partial charge >= 0.3 is 0 Å². The number of nitrogens with one attached hydrogen (secondary N) is 1. The molecule has 0 aromatic heterocycles. The van der Waals surface area contributed by atoms with E-state index in [0.29, 0.717) is 23.9 Å². The summed E-state index contributed by atoms with van der Waals surface area (Å²) in [5, 5.41) is 3.40. The smallest absolute Gasteiger partial charge is 0.242 e. The molecule has 1 aromatic carbocycles. The fourth-order valence-corrected chi connectivity index (χ4v) is 1.89. The lowest BCUT2D eigenvalue weighted by atomic mass is 10.3. The van der Waals surface area contributed by atoms with Crippen LogP contribution in [0.4, 0.5) is 10.1 Å². The molecule has 1 aromatic rings. The van der Waals surface area contributed by atoms with Gasteiger partial charge in [-0.05, 0) is 50.3 Å². The summed E-state index contributed by atoms with van der Waals surface area (Å²) in [5.41, 5.74) is 0.693. The Kier molecular flexibility index (Phi) is 6.38. The van der Waals surface area contributed by atoms with E-state index in [1.165, 1.54) is 12.1 Å². The van der Waals surface area contributed by atoms with Gasteiger partial charge in [-0.15, -0.1) is 0 Å². The molecule has 0 aliphatic heterocycles. The number of carbonyl (C=O) groups excluding carboxylic acids is 1. The molecule has 0 atom stereocenters. The topological polar surface area (TPSA) is 35.6 Å². The molecule has 0 saturated carbocycles. The molecular weight excluding hydrogens is 277 g/mol. The highest BCUT2D eigenvalue weighted by molar-refractivity contribution is 7.80. The number of carbonyl (C=O) groups is 1. The maximum Gasteiger partial charge on any atom is 0.242 e. The third kappa shape index (κ3) is 4.77. The molecule has 6 heteroatoms. The van der Waals surface area contributed by atoms with Crippen molar-refractivity contribution in [1.82, 2.24) is 9.80 Å². The summed E-state index contributed by atoms with van der Waals surface area (Å²) in [7, 11) is 1.75. The minimum Gasteiger partial charge on any atom is -0.343 e. The van der Waals surface area contributed by atoms with Gasteiger partial charge < -0.3 is 15.1 Å². The third-order valence-electron chi connectivity index (χ3n) is 2.93. The van der Waals surface area contributed by atoms with Crippen molar-refractivity contribution in [3.05, 3.63) is 30.1 Å². The van der Waals surface area contributed by atoms with E-state index in [4.69, 9.17) is 12.2 Å². The molecule has 1 rings (SSSR count). The van der Waals surface area contributed by atoms with Crippen LogP contribution in [0.15, 0.2) is 24.3 Å². The fraction of sp³-hybridized carbons (Fsp3) is 0.429. The zero-order valence-corrected chi connectivity index (χ0v) is 12.8. The van der Waals surface area contributed by atoms with Crippen LogP contribution in [0.3, 0.4) is 0 Å². The van der Waals surface area contributed by atoms with Crippen molar-refractivity contribution in [2.24, 2.45) is 0 Å². The normalized spacial score (nSPS) is 10.0. The molecule has 20 heavy (non-hydrogen) atoms. The number of halogens is 1. The highest BCUT2D eigenvalue weighted by atomic mass is 32.1. The molecule has 0 saturated heterocycles. The lowest BCUT2D eigenvalue weighted by Crippen LogP contribution is -2.42. The molecule has 0 unspecified atom stereocenters. The molecule has 0 bridgehead atoms. The van der Waals surface area contributed by atoms with E-state index in [2.05, 4.69) is 5.32 Å². The molecule has 110 valence electrons. The van der Waals surface area contributed by atoms with Gasteiger partial charge in [0.05, 0.1) is 6.54 Å². The largest absolute Gasteiger partial charge is 0.343 e. The summed E-state index contributed by atoms with van der Waals surface area (Å²) >= 11 is 5.22. The van der Waals surface area contributed by atoms with Gasteiger partial charge in [-0.3, -0.25) is 4.79 Å². The SMILES string of the molecule is CCN(CC)C(=O)CN(C)C(=S)Nc1ccc(F)cc1. The molecule has 0 radical (unpaired) electrons. The lowest BCUT2D eigenvalue weighted by Gasteiger charge is -2.25. The Morgan fingerprint density at radius 2 is 1.80 bits per heavy atom. The van der Waals surface area contributed by atoms with E-state index in [-0.39, 0.29) is 18.3 Å². The number of rotatable bonds is 5. The summed E-state index contributed by atoms with van der Waals surface area (Å²) in [4.78, 5) is 15.4. The van der Waals surface area contributed by atoms with Gasteiger partial charge in [0.25, 0.3) is 0 Å². The molecule has 0 heterocycles. The van der Waals surface area contributed by atoms with Crippen LogP contribution in [0.1, 0.15) is 13.8 Å². The Balaban J connectivity index is 2.54. The number of thiocarbonyl (C=S) groups is 1. The van der Waals surface area contributed by atoms with E-state index in [0.717, 1.165) is 0 Å². The number of anilines is 1. The Morgan fingerprint density at radius 1 is 1.25 bits per heavy atom. The zero-order chi connectivity index (χ0) is 15.1. The summed E-state index contributed by atoms with van der Waals surface area (Å²) in [6.45, 7) is 5.46. The number of likely N-dealkylation sites (N-methyl/N-ethyl adjacent to an activating group) is 2. The number of benzene rings is 1. The quantitative estimate of drug-likeness (QED) is 0.846. The second-order valence-corrected chi connectivity index (χ2v) is 4.75. The summed E-state index contributed by atoms with van der Waals surface area (Å²) in [6, 6.07) is 5.90. The first kappa shape index (κ1) is 16.4. The van der Waals surface area contributed by atoms with Crippen LogP contribution in [0, 0.1) is 5.82 Å². The Bertz CT molecular complexity index is 460. The predicted molar refractivity (Wildman–Crippen MR) is 83.2 cm³/mol.